The van der Waals surface area contributed by atoms with E-state index in [1.165, 1.54) is 5.56 Å². The van der Waals surface area contributed by atoms with Gasteiger partial charge in [0, 0.05) is 19.8 Å². The molecule has 0 unspecified atom stereocenters. The largest absolute Gasteiger partial charge is 0.516 e. The standard InChI is InChI=1S/C18H24BN3O2/c1-17(2)18(3,4)24-19(23-17)15-11-21-16(12-20-15)22(5)13-14-9-7-6-8-10-14/h6-12H,13H2,1-5H3. The summed E-state index contributed by atoms with van der Waals surface area (Å²) in [5.41, 5.74) is 1.19. The third kappa shape index (κ3) is 3.30. The lowest BCUT2D eigenvalue weighted by Crippen LogP contribution is -2.41. The van der Waals surface area contributed by atoms with Crippen molar-refractivity contribution in [1.82, 2.24) is 9.97 Å². The van der Waals surface area contributed by atoms with Gasteiger partial charge in [0.1, 0.15) is 5.82 Å². The molecular weight excluding hydrogens is 301 g/mol. The van der Waals surface area contributed by atoms with Gasteiger partial charge in [-0.1, -0.05) is 30.3 Å². The lowest BCUT2D eigenvalue weighted by Gasteiger charge is -2.32. The Morgan fingerprint density at radius 3 is 2.12 bits per heavy atom. The van der Waals surface area contributed by atoms with Crippen molar-refractivity contribution in [2.24, 2.45) is 0 Å². The van der Waals surface area contributed by atoms with Gasteiger partial charge in [-0.05, 0) is 33.3 Å². The van der Waals surface area contributed by atoms with E-state index in [2.05, 4.69) is 27.0 Å². The first-order valence-corrected chi connectivity index (χ1v) is 8.21. The summed E-state index contributed by atoms with van der Waals surface area (Å²) in [6.45, 7) is 8.90. The van der Waals surface area contributed by atoms with Crippen molar-refractivity contribution < 1.29 is 9.31 Å². The van der Waals surface area contributed by atoms with Gasteiger partial charge in [-0.25, -0.2) is 4.98 Å². The van der Waals surface area contributed by atoms with Crippen molar-refractivity contribution >= 4 is 18.5 Å². The van der Waals surface area contributed by atoms with E-state index in [9.17, 15) is 0 Å². The van der Waals surface area contributed by atoms with Crippen LogP contribution in [0.15, 0.2) is 42.7 Å². The first kappa shape index (κ1) is 16.9. The van der Waals surface area contributed by atoms with Crippen molar-refractivity contribution in [3.63, 3.8) is 0 Å². The van der Waals surface area contributed by atoms with Gasteiger partial charge < -0.3 is 14.2 Å². The van der Waals surface area contributed by atoms with Crippen LogP contribution in [0, 0.1) is 0 Å². The van der Waals surface area contributed by atoms with Gasteiger partial charge in [-0.2, -0.15) is 0 Å². The molecule has 0 bridgehead atoms. The van der Waals surface area contributed by atoms with Gasteiger partial charge in [0.05, 0.1) is 23.0 Å². The molecule has 1 aromatic heterocycles. The van der Waals surface area contributed by atoms with Crippen LogP contribution in [-0.2, 0) is 15.9 Å². The molecule has 24 heavy (non-hydrogen) atoms. The SMILES string of the molecule is CN(Cc1ccccc1)c1cnc(B2OC(C)(C)C(C)(C)O2)cn1. The second-order valence-corrected chi connectivity index (χ2v) is 7.23. The zero-order chi connectivity index (χ0) is 17.4. The Morgan fingerprint density at radius 1 is 0.958 bits per heavy atom. The maximum atomic E-state index is 6.01. The van der Waals surface area contributed by atoms with Crippen LogP contribution in [0.25, 0.3) is 0 Å². The lowest BCUT2D eigenvalue weighted by atomic mass is 9.85. The number of benzene rings is 1. The van der Waals surface area contributed by atoms with E-state index in [4.69, 9.17) is 9.31 Å². The molecule has 0 saturated carbocycles. The topological polar surface area (TPSA) is 47.5 Å². The maximum Gasteiger partial charge on any atom is 0.516 e. The molecule has 0 aliphatic carbocycles. The minimum Gasteiger partial charge on any atom is -0.398 e. The first-order valence-electron chi connectivity index (χ1n) is 8.21. The first-order chi connectivity index (χ1) is 11.3. The molecular formula is C18H24BN3O2. The molecule has 0 radical (unpaired) electrons. The molecule has 6 heteroatoms. The lowest BCUT2D eigenvalue weighted by molar-refractivity contribution is 0.00578. The van der Waals surface area contributed by atoms with Crippen LogP contribution in [0.2, 0.25) is 0 Å². The number of hydrogen-bond acceptors (Lipinski definition) is 5. The van der Waals surface area contributed by atoms with Gasteiger partial charge in [0.15, 0.2) is 0 Å². The minimum atomic E-state index is -0.476. The van der Waals surface area contributed by atoms with Gasteiger partial charge in [0.25, 0.3) is 0 Å². The monoisotopic (exact) mass is 325 g/mol. The molecule has 0 spiro atoms. The van der Waals surface area contributed by atoms with Crippen LogP contribution in [0.5, 0.6) is 0 Å². The summed E-state index contributed by atoms with van der Waals surface area (Å²) in [5.74, 6) is 0.819. The Morgan fingerprint density at radius 2 is 1.58 bits per heavy atom. The fourth-order valence-corrected chi connectivity index (χ4v) is 2.55. The molecule has 3 rings (SSSR count). The summed E-state index contributed by atoms with van der Waals surface area (Å²) in [7, 11) is 1.53. The number of nitrogens with zero attached hydrogens (tertiary/aromatic N) is 3. The van der Waals surface area contributed by atoms with Crippen LogP contribution in [0.4, 0.5) is 5.82 Å². The van der Waals surface area contributed by atoms with Crippen LogP contribution in [-0.4, -0.2) is 35.3 Å². The van der Waals surface area contributed by atoms with E-state index in [1.54, 1.807) is 12.4 Å². The van der Waals surface area contributed by atoms with E-state index >= 15 is 0 Å². The second kappa shape index (κ2) is 6.18. The average molecular weight is 325 g/mol. The predicted molar refractivity (Wildman–Crippen MR) is 96.3 cm³/mol. The number of anilines is 1. The van der Waals surface area contributed by atoms with Crippen molar-refractivity contribution in [1.29, 1.82) is 0 Å². The van der Waals surface area contributed by atoms with Crippen molar-refractivity contribution in [3.8, 4) is 0 Å². The van der Waals surface area contributed by atoms with E-state index in [0.29, 0.717) is 5.59 Å². The van der Waals surface area contributed by atoms with Gasteiger partial charge in [-0.15, -0.1) is 0 Å². The van der Waals surface area contributed by atoms with Crippen LogP contribution in [0.3, 0.4) is 0 Å². The average Bonchev–Trinajstić information content (AvgIpc) is 2.76. The molecule has 126 valence electrons. The van der Waals surface area contributed by atoms with E-state index in [1.807, 2.05) is 52.9 Å². The molecule has 0 amide bonds. The van der Waals surface area contributed by atoms with Crippen LogP contribution >= 0.6 is 0 Å². The van der Waals surface area contributed by atoms with Crippen molar-refractivity contribution in [2.75, 3.05) is 11.9 Å². The molecule has 2 heterocycles. The molecule has 2 aromatic rings. The molecule has 0 atom stereocenters. The molecule has 1 saturated heterocycles. The van der Waals surface area contributed by atoms with Gasteiger partial charge in [-0.3, -0.25) is 4.98 Å². The Balaban J connectivity index is 1.70. The van der Waals surface area contributed by atoms with Crippen molar-refractivity contribution in [2.45, 2.75) is 45.4 Å². The highest BCUT2D eigenvalue weighted by atomic mass is 16.7. The summed E-state index contributed by atoms with van der Waals surface area (Å²) >= 11 is 0. The minimum absolute atomic E-state index is 0.373. The highest BCUT2D eigenvalue weighted by Crippen LogP contribution is 2.36. The number of rotatable bonds is 4. The zero-order valence-electron chi connectivity index (χ0n) is 15.0. The number of aromatic nitrogens is 2. The molecule has 0 N–H and O–H groups in total. The summed E-state index contributed by atoms with van der Waals surface area (Å²) < 4.78 is 12.0. The van der Waals surface area contributed by atoms with Gasteiger partial charge in [0.2, 0.25) is 0 Å². The highest BCUT2D eigenvalue weighted by molar-refractivity contribution is 6.61. The summed E-state index contributed by atoms with van der Waals surface area (Å²) in [4.78, 5) is 11.1. The van der Waals surface area contributed by atoms with Crippen LogP contribution in [0.1, 0.15) is 33.3 Å². The Hall–Kier alpha value is -1.92. The quantitative estimate of drug-likeness (QED) is 0.808. The molecule has 1 aliphatic rings. The fourth-order valence-electron chi connectivity index (χ4n) is 2.55. The van der Waals surface area contributed by atoms with E-state index in [0.717, 1.165) is 12.4 Å². The second-order valence-electron chi connectivity index (χ2n) is 7.23. The van der Waals surface area contributed by atoms with Crippen molar-refractivity contribution in [3.05, 3.63) is 48.3 Å². The number of hydrogen-bond donors (Lipinski definition) is 0. The normalized spacial score (nSPS) is 18.6. The van der Waals surface area contributed by atoms with E-state index in [-0.39, 0.29) is 11.2 Å². The van der Waals surface area contributed by atoms with Crippen LogP contribution < -0.4 is 10.5 Å². The zero-order valence-corrected chi connectivity index (χ0v) is 15.0. The third-order valence-electron chi connectivity index (χ3n) is 4.81. The fraction of sp³-hybridized carbons (Fsp3) is 0.444. The Labute approximate surface area is 144 Å². The predicted octanol–water partition coefficient (Wildman–Crippen LogP) is 2.41. The van der Waals surface area contributed by atoms with E-state index < -0.39 is 7.12 Å². The third-order valence-corrected chi connectivity index (χ3v) is 4.81. The molecule has 5 nitrogen and oxygen atoms in total. The summed E-state index contributed by atoms with van der Waals surface area (Å²) in [5, 5.41) is 0. The smallest absolute Gasteiger partial charge is 0.398 e. The molecule has 1 aromatic carbocycles. The highest BCUT2D eigenvalue weighted by Gasteiger charge is 2.52. The Kier molecular flexibility index (Phi) is 4.36. The maximum absolute atomic E-state index is 6.01. The summed E-state index contributed by atoms with van der Waals surface area (Å²) in [6.07, 6.45) is 3.50. The summed E-state index contributed by atoms with van der Waals surface area (Å²) in [6, 6.07) is 10.3. The van der Waals surface area contributed by atoms with Gasteiger partial charge >= 0.3 is 7.12 Å². The Bertz CT molecular complexity index is 673. The molecule has 1 aliphatic heterocycles. The molecule has 1 fully saturated rings.